The van der Waals surface area contributed by atoms with Crippen molar-refractivity contribution in [3.8, 4) is 0 Å². The van der Waals surface area contributed by atoms with E-state index in [4.69, 9.17) is 11.6 Å². The first-order valence-corrected chi connectivity index (χ1v) is 7.03. The van der Waals surface area contributed by atoms with Crippen LogP contribution >= 0.6 is 23.4 Å². The Morgan fingerprint density at radius 2 is 2.12 bits per heavy atom. The number of rotatable bonds is 3. The normalized spacial score (nSPS) is 24.5. The molecule has 0 saturated heterocycles. The van der Waals surface area contributed by atoms with Crippen LogP contribution in [0.1, 0.15) is 25.7 Å². The summed E-state index contributed by atoms with van der Waals surface area (Å²) in [5, 5.41) is 11.2. The van der Waals surface area contributed by atoms with E-state index >= 15 is 0 Å². The maximum absolute atomic E-state index is 10.7. The molecule has 0 heterocycles. The molecule has 0 bridgehead atoms. The second-order valence-electron chi connectivity index (χ2n) is 4.21. The van der Waals surface area contributed by atoms with Crippen molar-refractivity contribution in [1.29, 1.82) is 0 Å². The summed E-state index contributed by atoms with van der Waals surface area (Å²) in [4.78, 5) is 11.3. The highest BCUT2D eigenvalue weighted by molar-refractivity contribution is 8.00. The van der Waals surface area contributed by atoms with Crippen molar-refractivity contribution in [3.63, 3.8) is 0 Å². The van der Waals surface area contributed by atoms with Crippen LogP contribution in [-0.4, -0.2) is 15.6 Å². The van der Waals surface area contributed by atoms with Crippen LogP contribution in [0.25, 0.3) is 0 Å². The van der Waals surface area contributed by atoms with Gasteiger partial charge in [-0.2, -0.15) is 0 Å². The van der Waals surface area contributed by atoms with Crippen LogP contribution in [0.15, 0.2) is 29.2 Å². The predicted octanol–water partition coefficient (Wildman–Crippen LogP) is 4.24. The maximum Gasteiger partial charge on any atom is 0.270 e. The van der Waals surface area contributed by atoms with Gasteiger partial charge in [0.05, 0.1) is 4.92 Å². The lowest BCUT2D eigenvalue weighted by Crippen LogP contribution is -2.21. The first-order valence-electron chi connectivity index (χ1n) is 5.72. The molecule has 5 heteroatoms. The fraction of sp³-hybridized carbons (Fsp3) is 0.500. The van der Waals surface area contributed by atoms with E-state index in [0.29, 0.717) is 5.25 Å². The van der Waals surface area contributed by atoms with E-state index in [2.05, 4.69) is 0 Å². The lowest BCUT2D eigenvalue weighted by molar-refractivity contribution is -0.385. The molecule has 0 N–H and O–H groups in total. The molecule has 0 unspecified atom stereocenters. The highest BCUT2D eigenvalue weighted by atomic mass is 35.5. The molecule has 92 valence electrons. The standard InChI is InChI=1S/C12H14ClNO2S/c13-11-6-1-2-7-12(11)17-10-5-3-4-9(8-10)14(15)16/h3-5,8,11-12H,1-2,6-7H2/t11-,12-/m0/s1. The van der Waals surface area contributed by atoms with Crippen molar-refractivity contribution < 1.29 is 4.92 Å². The smallest absolute Gasteiger partial charge is 0.258 e. The largest absolute Gasteiger partial charge is 0.270 e. The molecule has 0 radical (unpaired) electrons. The Hall–Kier alpha value is -0.740. The van der Waals surface area contributed by atoms with Crippen LogP contribution in [0.3, 0.4) is 0 Å². The van der Waals surface area contributed by atoms with Gasteiger partial charge < -0.3 is 0 Å². The number of hydrogen-bond acceptors (Lipinski definition) is 3. The van der Waals surface area contributed by atoms with Crippen molar-refractivity contribution in [2.75, 3.05) is 0 Å². The van der Waals surface area contributed by atoms with Gasteiger partial charge in [-0.3, -0.25) is 10.1 Å². The molecule has 1 aliphatic rings. The molecule has 2 atom stereocenters. The van der Waals surface area contributed by atoms with E-state index in [1.165, 1.54) is 18.9 Å². The second kappa shape index (κ2) is 5.74. The number of nitro benzene ring substituents is 1. The average molecular weight is 272 g/mol. The molecule has 17 heavy (non-hydrogen) atoms. The number of nitro groups is 1. The van der Waals surface area contributed by atoms with Crippen LogP contribution in [0.2, 0.25) is 0 Å². The molecule has 0 aromatic heterocycles. The zero-order valence-electron chi connectivity index (χ0n) is 9.34. The van der Waals surface area contributed by atoms with E-state index < -0.39 is 0 Å². The van der Waals surface area contributed by atoms with Gasteiger partial charge in [-0.1, -0.05) is 18.9 Å². The third-order valence-electron chi connectivity index (χ3n) is 2.94. The lowest BCUT2D eigenvalue weighted by atomic mass is 10.00. The Morgan fingerprint density at radius 3 is 2.82 bits per heavy atom. The van der Waals surface area contributed by atoms with E-state index in [9.17, 15) is 10.1 Å². The third-order valence-corrected chi connectivity index (χ3v) is 5.00. The molecular weight excluding hydrogens is 258 g/mol. The average Bonchev–Trinajstić information content (AvgIpc) is 2.32. The number of alkyl halides is 1. The van der Waals surface area contributed by atoms with E-state index in [0.717, 1.165) is 17.7 Å². The van der Waals surface area contributed by atoms with Crippen LogP contribution in [0, 0.1) is 10.1 Å². The zero-order valence-corrected chi connectivity index (χ0v) is 10.9. The molecule has 2 rings (SSSR count). The zero-order chi connectivity index (χ0) is 12.3. The van der Waals surface area contributed by atoms with Gasteiger partial charge in [0.15, 0.2) is 0 Å². The van der Waals surface area contributed by atoms with Gasteiger partial charge in [0, 0.05) is 27.7 Å². The fourth-order valence-corrected chi connectivity index (χ4v) is 3.73. The third kappa shape index (κ3) is 3.36. The highest BCUT2D eigenvalue weighted by Crippen LogP contribution is 2.37. The second-order valence-corrected chi connectivity index (χ2v) is 6.08. The molecule has 0 spiro atoms. The van der Waals surface area contributed by atoms with Crippen LogP contribution in [0.5, 0.6) is 0 Å². The molecule has 0 aliphatic heterocycles. The summed E-state index contributed by atoms with van der Waals surface area (Å²) in [6.07, 6.45) is 4.55. The first kappa shape index (κ1) is 12.7. The molecule has 0 amide bonds. The SMILES string of the molecule is O=[N+]([O-])c1cccc(S[C@H]2CCCC[C@@H]2Cl)c1. The topological polar surface area (TPSA) is 43.1 Å². The molecule has 1 saturated carbocycles. The van der Waals surface area contributed by atoms with Crippen molar-refractivity contribution in [1.82, 2.24) is 0 Å². The number of nitrogens with zero attached hydrogens (tertiary/aromatic N) is 1. The quantitative estimate of drug-likeness (QED) is 0.469. The Morgan fingerprint density at radius 1 is 1.35 bits per heavy atom. The Balaban J connectivity index is 2.07. The predicted molar refractivity (Wildman–Crippen MR) is 70.9 cm³/mol. The molecule has 1 fully saturated rings. The van der Waals surface area contributed by atoms with Crippen molar-refractivity contribution in [3.05, 3.63) is 34.4 Å². The number of hydrogen-bond donors (Lipinski definition) is 0. The molecule has 1 aliphatic carbocycles. The van der Waals surface area contributed by atoms with E-state index in [1.807, 2.05) is 6.07 Å². The summed E-state index contributed by atoms with van der Waals surface area (Å²) >= 11 is 7.95. The van der Waals surface area contributed by atoms with Crippen molar-refractivity contribution >= 4 is 29.1 Å². The summed E-state index contributed by atoms with van der Waals surface area (Å²) in [5.41, 5.74) is 0.150. The van der Waals surface area contributed by atoms with Gasteiger partial charge in [0.25, 0.3) is 5.69 Å². The molecule has 1 aromatic carbocycles. The van der Waals surface area contributed by atoms with Gasteiger partial charge in [-0.25, -0.2) is 0 Å². The van der Waals surface area contributed by atoms with Crippen LogP contribution in [0.4, 0.5) is 5.69 Å². The summed E-state index contributed by atoms with van der Waals surface area (Å²) in [6, 6.07) is 6.79. The number of halogens is 1. The fourth-order valence-electron chi connectivity index (χ4n) is 2.03. The van der Waals surface area contributed by atoms with Gasteiger partial charge >= 0.3 is 0 Å². The highest BCUT2D eigenvalue weighted by Gasteiger charge is 2.24. The molecule has 1 aromatic rings. The summed E-state index contributed by atoms with van der Waals surface area (Å²) < 4.78 is 0. The maximum atomic E-state index is 10.7. The first-order chi connectivity index (χ1) is 8.16. The van der Waals surface area contributed by atoms with Crippen molar-refractivity contribution in [2.45, 2.75) is 41.2 Å². The van der Waals surface area contributed by atoms with E-state index in [-0.39, 0.29) is 16.0 Å². The van der Waals surface area contributed by atoms with Gasteiger partial charge in [0.1, 0.15) is 0 Å². The number of benzene rings is 1. The van der Waals surface area contributed by atoms with Crippen LogP contribution in [-0.2, 0) is 0 Å². The summed E-state index contributed by atoms with van der Waals surface area (Å²) in [5.74, 6) is 0. The minimum Gasteiger partial charge on any atom is -0.258 e. The van der Waals surface area contributed by atoms with Gasteiger partial charge in [-0.15, -0.1) is 23.4 Å². The summed E-state index contributed by atoms with van der Waals surface area (Å²) in [7, 11) is 0. The number of thioether (sulfide) groups is 1. The lowest BCUT2D eigenvalue weighted by Gasteiger charge is -2.26. The monoisotopic (exact) mass is 271 g/mol. The Bertz CT molecular complexity index is 413. The Labute approximate surface area is 110 Å². The number of non-ortho nitro benzene ring substituents is 1. The van der Waals surface area contributed by atoms with Crippen LogP contribution < -0.4 is 0 Å². The Kier molecular flexibility index (Phi) is 4.29. The van der Waals surface area contributed by atoms with E-state index in [1.54, 1.807) is 23.9 Å². The summed E-state index contributed by atoms with van der Waals surface area (Å²) in [6.45, 7) is 0. The molecular formula is C12H14ClNO2S. The molecule has 3 nitrogen and oxygen atoms in total. The van der Waals surface area contributed by atoms with Gasteiger partial charge in [0.2, 0.25) is 0 Å². The minimum absolute atomic E-state index is 0.150. The minimum atomic E-state index is -0.358. The van der Waals surface area contributed by atoms with Crippen molar-refractivity contribution in [2.24, 2.45) is 0 Å². The van der Waals surface area contributed by atoms with Gasteiger partial charge in [-0.05, 0) is 18.9 Å².